The van der Waals surface area contributed by atoms with Crippen molar-refractivity contribution < 1.29 is 8.98 Å². The van der Waals surface area contributed by atoms with E-state index < -0.39 is 0 Å². The summed E-state index contributed by atoms with van der Waals surface area (Å²) in [5.41, 5.74) is 13.9. The summed E-state index contributed by atoms with van der Waals surface area (Å²) >= 11 is 0. The minimum atomic E-state index is 0.0539. The first-order valence-corrected chi connectivity index (χ1v) is 12.5. The molecule has 0 atom stereocenters. The molecule has 170 valence electrons. The van der Waals surface area contributed by atoms with Crippen LogP contribution < -0.4 is 4.57 Å². The SMILES string of the molecule is CCC1(CC)c2ccccc2-c2cc3c(cc21)oc1c(-c2cc(C)c(C)c[n+]2C)c(C)ccc13. The molecule has 0 bridgehead atoms. The smallest absolute Gasteiger partial charge is 0.216 e. The van der Waals surface area contributed by atoms with E-state index >= 15 is 0 Å². The third-order valence-electron chi connectivity index (χ3n) is 8.44. The Morgan fingerprint density at radius 2 is 1.53 bits per heavy atom. The van der Waals surface area contributed by atoms with Crippen molar-refractivity contribution in [1.82, 2.24) is 0 Å². The van der Waals surface area contributed by atoms with E-state index in [0.29, 0.717) is 0 Å². The molecule has 34 heavy (non-hydrogen) atoms. The maximum atomic E-state index is 6.74. The molecule has 2 heterocycles. The summed E-state index contributed by atoms with van der Waals surface area (Å²) in [6.07, 6.45) is 4.39. The highest BCUT2D eigenvalue weighted by molar-refractivity contribution is 6.11. The topological polar surface area (TPSA) is 17.0 Å². The Balaban J connectivity index is 1.70. The zero-order chi connectivity index (χ0) is 23.8. The Kier molecular flexibility index (Phi) is 4.55. The third kappa shape index (κ3) is 2.66. The molecule has 2 aromatic heterocycles. The van der Waals surface area contributed by atoms with Crippen LogP contribution >= 0.6 is 0 Å². The first kappa shape index (κ1) is 21.2. The molecule has 0 radical (unpaired) electrons. The predicted octanol–water partition coefficient (Wildman–Crippen LogP) is 8.09. The van der Waals surface area contributed by atoms with Gasteiger partial charge >= 0.3 is 0 Å². The molecular weight excluding hydrogens is 414 g/mol. The summed E-state index contributed by atoms with van der Waals surface area (Å²) < 4.78 is 8.97. The van der Waals surface area contributed by atoms with Crippen LogP contribution in [0, 0.1) is 20.8 Å². The van der Waals surface area contributed by atoms with Gasteiger partial charge in [-0.05, 0) is 79.1 Å². The summed E-state index contributed by atoms with van der Waals surface area (Å²) in [6.45, 7) is 11.2. The second-order valence-electron chi connectivity index (χ2n) is 10.1. The van der Waals surface area contributed by atoms with Gasteiger partial charge in [-0.1, -0.05) is 50.2 Å². The van der Waals surface area contributed by atoms with Crippen molar-refractivity contribution in [2.75, 3.05) is 0 Å². The van der Waals surface area contributed by atoms with E-state index in [1.807, 2.05) is 0 Å². The second-order valence-corrected chi connectivity index (χ2v) is 10.1. The fourth-order valence-electron chi connectivity index (χ4n) is 6.34. The number of aromatic nitrogens is 1. The Bertz CT molecular complexity index is 1610. The highest BCUT2D eigenvalue weighted by atomic mass is 16.3. The van der Waals surface area contributed by atoms with Gasteiger partial charge in [0.15, 0.2) is 6.20 Å². The lowest BCUT2D eigenvalue weighted by Gasteiger charge is -2.29. The van der Waals surface area contributed by atoms with E-state index in [9.17, 15) is 0 Å². The lowest BCUT2D eigenvalue weighted by atomic mass is 9.74. The Morgan fingerprint density at radius 1 is 0.765 bits per heavy atom. The van der Waals surface area contributed by atoms with E-state index in [2.05, 4.69) is 107 Å². The van der Waals surface area contributed by atoms with Crippen molar-refractivity contribution in [3.8, 4) is 22.4 Å². The molecule has 0 aliphatic heterocycles. The highest BCUT2D eigenvalue weighted by Crippen LogP contribution is 2.54. The van der Waals surface area contributed by atoms with Gasteiger partial charge in [-0.3, -0.25) is 0 Å². The van der Waals surface area contributed by atoms with Crippen LogP contribution in [0.1, 0.15) is 54.5 Å². The minimum Gasteiger partial charge on any atom is -0.455 e. The number of nitrogens with zero attached hydrogens (tertiary/aromatic N) is 1. The number of pyridine rings is 1. The molecule has 2 nitrogen and oxygen atoms in total. The van der Waals surface area contributed by atoms with Crippen LogP contribution in [0.3, 0.4) is 0 Å². The molecule has 0 amide bonds. The first-order valence-electron chi connectivity index (χ1n) is 12.5. The molecule has 1 aliphatic rings. The number of fused-ring (bicyclic) bond motifs is 6. The van der Waals surface area contributed by atoms with E-state index in [0.717, 1.165) is 24.0 Å². The maximum Gasteiger partial charge on any atom is 0.216 e. The van der Waals surface area contributed by atoms with E-state index in [1.165, 1.54) is 61.0 Å². The summed E-state index contributed by atoms with van der Waals surface area (Å²) in [5.74, 6) is 0. The van der Waals surface area contributed by atoms with Crippen LogP contribution in [0.25, 0.3) is 44.3 Å². The number of furan rings is 1. The van der Waals surface area contributed by atoms with Crippen molar-refractivity contribution in [1.29, 1.82) is 0 Å². The van der Waals surface area contributed by atoms with Gasteiger partial charge in [-0.25, -0.2) is 4.57 Å². The van der Waals surface area contributed by atoms with E-state index in [-0.39, 0.29) is 5.41 Å². The minimum absolute atomic E-state index is 0.0539. The van der Waals surface area contributed by atoms with Gasteiger partial charge in [0.1, 0.15) is 18.2 Å². The molecule has 1 aliphatic carbocycles. The number of aryl methyl sites for hydroxylation is 4. The standard InChI is InChI=1S/C32H32NO/c1-7-32(8-2)26-12-10-9-11-22(26)24-16-25-23-14-13-19(3)30(31(23)34-29(25)17-27(24)32)28-15-20(4)21(5)18-33(28)6/h9-18H,7-8H2,1-6H3/q+1. The summed E-state index contributed by atoms with van der Waals surface area (Å²) in [4.78, 5) is 0. The third-order valence-corrected chi connectivity index (χ3v) is 8.44. The molecule has 5 aromatic rings. The van der Waals surface area contributed by atoms with Crippen LogP contribution in [-0.4, -0.2) is 0 Å². The maximum absolute atomic E-state index is 6.74. The van der Waals surface area contributed by atoms with Gasteiger partial charge in [-0.2, -0.15) is 0 Å². The van der Waals surface area contributed by atoms with Crippen LogP contribution in [0.4, 0.5) is 0 Å². The van der Waals surface area contributed by atoms with Crippen LogP contribution in [0.5, 0.6) is 0 Å². The molecule has 0 unspecified atom stereocenters. The normalized spacial score (nSPS) is 14.1. The van der Waals surface area contributed by atoms with Gasteiger partial charge in [0, 0.05) is 27.8 Å². The molecule has 0 fully saturated rings. The lowest BCUT2D eigenvalue weighted by Crippen LogP contribution is -2.31. The van der Waals surface area contributed by atoms with Crippen molar-refractivity contribution in [2.45, 2.75) is 52.9 Å². The monoisotopic (exact) mass is 446 g/mol. The Morgan fingerprint density at radius 3 is 2.29 bits per heavy atom. The van der Waals surface area contributed by atoms with E-state index in [1.54, 1.807) is 0 Å². The fourth-order valence-corrected chi connectivity index (χ4v) is 6.34. The van der Waals surface area contributed by atoms with Gasteiger partial charge in [-0.15, -0.1) is 0 Å². The van der Waals surface area contributed by atoms with Crippen molar-refractivity contribution >= 4 is 21.9 Å². The average molecular weight is 447 g/mol. The van der Waals surface area contributed by atoms with Crippen LogP contribution in [0.2, 0.25) is 0 Å². The number of hydrogen-bond acceptors (Lipinski definition) is 1. The van der Waals surface area contributed by atoms with Crippen molar-refractivity contribution in [2.24, 2.45) is 7.05 Å². The summed E-state index contributed by atoms with van der Waals surface area (Å²) in [6, 6.07) is 20.5. The van der Waals surface area contributed by atoms with Gasteiger partial charge in [0.05, 0.1) is 5.56 Å². The second kappa shape index (κ2) is 7.30. The van der Waals surface area contributed by atoms with Crippen molar-refractivity contribution in [3.63, 3.8) is 0 Å². The van der Waals surface area contributed by atoms with Gasteiger partial charge in [0.2, 0.25) is 5.69 Å². The van der Waals surface area contributed by atoms with Gasteiger partial charge < -0.3 is 4.42 Å². The number of hydrogen-bond donors (Lipinski definition) is 0. The molecule has 2 heteroatoms. The fraction of sp³-hybridized carbons (Fsp3) is 0.281. The molecular formula is C32H32NO+. The molecule has 0 saturated carbocycles. The Labute approximate surface area is 201 Å². The molecule has 3 aromatic carbocycles. The molecule has 0 spiro atoms. The zero-order valence-corrected chi connectivity index (χ0v) is 21.0. The summed E-state index contributed by atoms with van der Waals surface area (Å²) in [7, 11) is 2.13. The van der Waals surface area contributed by atoms with Gasteiger partial charge in [0.25, 0.3) is 0 Å². The quantitative estimate of drug-likeness (QED) is 0.256. The predicted molar refractivity (Wildman–Crippen MR) is 141 cm³/mol. The average Bonchev–Trinajstić information content (AvgIpc) is 3.33. The number of benzene rings is 3. The molecule has 0 saturated heterocycles. The Hall–Kier alpha value is -3.39. The van der Waals surface area contributed by atoms with Crippen molar-refractivity contribution in [3.05, 3.63) is 88.6 Å². The zero-order valence-electron chi connectivity index (χ0n) is 21.0. The molecule has 0 N–H and O–H groups in total. The molecule has 6 rings (SSSR count). The largest absolute Gasteiger partial charge is 0.455 e. The summed E-state index contributed by atoms with van der Waals surface area (Å²) in [5, 5.41) is 2.40. The lowest BCUT2D eigenvalue weighted by molar-refractivity contribution is -0.660. The van der Waals surface area contributed by atoms with E-state index in [4.69, 9.17) is 4.42 Å². The van der Waals surface area contributed by atoms with Crippen LogP contribution in [-0.2, 0) is 12.5 Å². The number of rotatable bonds is 3. The first-order chi connectivity index (χ1) is 16.4. The van der Waals surface area contributed by atoms with Crippen LogP contribution in [0.15, 0.2) is 65.2 Å². The highest BCUT2D eigenvalue weighted by Gasteiger charge is 2.41.